The van der Waals surface area contributed by atoms with E-state index < -0.39 is 0 Å². The molecular formula is C17H19N5OS. The zero-order valence-electron chi connectivity index (χ0n) is 13.4. The number of hydrogen-bond donors (Lipinski definition) is 2. The number of nitrogens with one attached hydrogen (secondary N) is 2. The van der Waals surface area contributed by atoms with Gasteiger partial charge in [-0.25, -0.2) is 9.78 Å². The molecule has 3 aromatic rings. The number of hydrogen-bond acceptors (Lipinski definition) is 4. The van der Waals surface area contributed by atoms with Crippen LogP contribution in [-0.4, -0.2) is 27.3 Å². The molecule has 0 aliphatic heterocycles. The van der Waals surface area contributed by atoms with Crippen LogP contribution >= 0.6 is 11.3 Å². The Morgan fingerprint density at radius 1 is 1.21 bits per heavy atom. The van der Waals surface area contributed by atoms with Crippen LogP contribution in [0.1, 0.15) is 17.0 Å². The molecule has 2 amide bonds. The molecule has 0 saturated heterocycles. The molecule has 0 spiro atoms. The summed E-state index contributed by atoms with van der Waals surface area (Å²) < 4.78 is 1.75. The minimum absolute atomic E-state index is 0.244. The highest BCUT2D eigenvalue weighted by molar-refractivity contribution is 7.13. The first-order valence-corrected chi connectivity index (χ1v) is 8.59. The van der Waals surface area contributed by atoms with Crippen molar-refractivity contribution in [2.75, 3.05) is 11.9 Å². The van der Waals surface area contributed by atoms with E-state index in [0.717, 1.165) is 17.8 Å². The second-order valence-corrected chi connectivity index (χ2v) is 6.28. The SMILES string of the molecule is Cn1ccc(CCNC(=O)Nc2nc(Cc3ccccc3)cs2)n1. The number of carbonyl (C=O) groups is 1. The van der Waals surface area contributed by atoms with Crippen LogP contribution in [0.2, 0.25) is 0 Å². The molecule has 0 atom stereocenters. The molecule has 0 saturated carbocycles. The highest BCUT2D eigenvalue weighted by atomic mass is 32.1. The maximum Gasteiger partial charge on any atom is 0.321 e. The Kier molecular flexibility index (Phi) is 5.22. The first kappa shape index (κ1) is 16.2. The molecular weight excluding hydrogens is 322 g/mol. The van der Waals surface area contributed by atoms with E-state index in [1.54, 1.807) is 4.68 Å². The molecule has 0 fully saturated rings. The standard InChI is InChI=1S/C17H19N5OS/c1-22-10-8-14(21-22)7-9-18-16(23)20-17-19-15(12-24-17)11-13-5-3-2-4-6-13/h2-6,8,10,12H,7,9,11H2,1H3,(H2,18,19,20,23). The van der Waals surface area contributed by atoms with E-state index in [0.29, 0.717) is 18.1 Å². The number of amides is 2. The first-order chi connectivity index (χ1) is 11.7. The molecule has 0 aliphatic rings. The predicted octanol–water partition coefficient (Wildman–Crippen LogP) is 2.83. The molecule has 0 unspecified atom stereocenters. The summed E-state index contributed by atoms with van der Waals surface area (Å²) in [6, 6.07) is 11.8. The largest absolute Gasteiger partial charge is 0.337 e. The zero-order chi connectivity index (χ0) is 16.8. The van der Waals surface area contributed by atoms with Gasteiger partial charge >= 0.3 is 6.03 Å². The Morgan fingerprint density at radius 3 is 2.79 bits per heavy atom. The van der Waals surface area contributed by atoms with Crippen molar-refractivity contribution < 1.29 is 4.79 Å². The minimum Gasteiger partial charge on any atom is -0.337 e. The molecule has 0 bridgehead atoms. The number of benzene rings is 1. The van der Waals surface area contributed by atoms with Gasteiger partial charge in [0.1, 0.15) is 0 Å². The second-order valence-electron chi connectivity index (χ2n) is 5.42. The third-order valence-corrected chi connectivity index (χ3v) is 4.24. The number of urea groups is 1. The van der Waals surface area contributed by atoms with Crippen molar-refractivity contribution in [3.63, 3.8) is 0 Å². The number of anilines is 1. The van der Waals surface area contributed by atoms with Gasteiger partial charge in [-0.05, 0) is 11.6 Å². The van der Waals surface area contributed by atoms with Crippen LogP contribution in [0.3, 0.4) is 0 Å². The fraction of sp³-hybridized carbons (Fsp3) is 0.235. The molecule has 124 valence electrons. The van der Waals surface area contributed by atoms with E-state index in [4.69, 9.17) is 0 Å². The Labute approximate surface area is 144 Å². The summed E-state index contributed by atoms with van der Waals surface area (Å²) in [6.45, 7) is 0.533. The van der Waals surface area contributed by atoms with Gasteiger partial charge in [0.25, 0.3) is 0 Å². The average molecular weight is 341 g/mol. The molecule has 3 rings (SSSR count). The van der Waals surface area contributed by atoms with E-state index in [2.05, 4.69) is 32.8 Å². The van der Waals surface area contributed by atoms with Crippen LogP contribution in [0, 0.1) is 0 Å². The molecule has 1 aromatic carbocycles. The number of aryl methyl sites for hydroxylation is 1. The lowest BCUT2D eigenvalue weighted by atomic mass is 10.1. The van der Waals surface area contributed by atoms with Crippen LogP contribution in [0.5, 0.6) is 0 Å². The third-order valence-electron chi connectivity index (χ3n) is 3.44. The molecule has 7 heteroatoms. The lowest BCUT2D eigenvalue weighted by Crippen LogP contribution is -2.30. The van der Waals surface area contributed by atoms with Crippen LogP contribution in [0.15, 0.2) is 48.0 Å². The van der Waals surface area contributed by atoms with Gasteiger partial charge in [-0.3, -0.25) is 10.00 Å². The van der Waals surface area contributed by atoms with Gasteiger partial charge < -0.3 is 5.32 Å². The maximum atomic E-state index is 11.9. The summed E-state index contributed by atoms with van der Waals surface area (Å²) in [7, 11) is 1.87. The van der Waals surface area contributed by atoms with Crippen molar-refractivity contribution in [3.8, 4) is 0 Å². The summed E-state index contributed by atoms with van der Waals surface area (Å²) in [6.07, 6.45) is 3.35. The molecule has 6 nitrogen and oxygen atoms in total. The normalized spacial score (nSPS) is 10.5. The van der Waals surface area contributed by atoms with E-state index >= 15 is 0 Å². The molecule has 24 heavy (non-hydrogen) atoms. The Balaban J connectivity index is 1.44. The summed E-state index contributed by atoms with van der Waals surface area (Å²) in [5.74, 6) is 0. The summed E-state index contributed by atoms with van der Waals surface area (Å²) >= 11 is 1.43. The van der Waals surface area contributed by atoms with Crippen LogP contribution < -0.4 is 10.6 Å². The van der Waals surface area contributed by atoms with Gasteiger partial charge in [-0.1, -0.05) is 30.3 Å². The number of carbonyl (C=O) groups excluding carboxylic acids is 1. The van der Waals surface area contributed by atoms with E-state index in [1.165, 1.54) is 16.9 Å². The monoisotopic (exact) mass is 341 g/mol. The smallest absolute Gasteiger partial charge is 0.321 e. The maximum absolute atomic E-state index is 11.9. The van der Waals surface area contributed by atoms with E-state index in [9.17, 15) is 4.79 Å². The van der Waals surface area contributed by atoms with Crippen molar-refractivity contribution in [1.29, 1.82) is 0 Å². The van der Waals surface area contributed by atoms with Crippen molar-refractivity contribution in [3.05, 3.63) is 64.9 Å². The predicted molar refractivity (Wildman–Crippen MR) is 95.3 cm³/mol. The quantitative estimate of drug-likeness (QED) is 0.724. The molecule has 2 heterocycles. The Hall–Kier alpha value is -2.67. The zero-order valence-corrected chi connectivity index (χ0v) is 14.2. The van der Waals surface area contributed by atoms with Crippen molar-refractivity contribution >= 4 is 22.5 Å². The number of aromatic nitrogens is 3. The van der Waals surface area contributed by atoms with Gasteiger partial charge in [0.15, 0.2) is 5.13 Å². The molecule has 2 aromatic heterocycles. The summed E-state index contributed by atoms with van der Waals surface area (Å²) in [5, 5.41) is 12.4. The summed E-state index contributed by atoms with van der Waals surface area (Å²) in [4.78, 5) is 16.3. The van der Waals surface area contributed by atoms with Gasteiger partial charge in [-0.2, -0.15) is 5.10 Å². The van der Waals surface area contributed by atoms with Crippen molar-refractivity contribution in [2.24, 2.45) is 7.05 Å². The van der Waals surface area contributed by atoms with Crippen LogP contribution in [0.4, 0.5) is 9.93 Å². The number of nitrogens with zero attached hydrogens (tertiary/aromatic N) is 3. The van der Waals surface area contributed by atoms with Crippen molar-refractivity contribution in [1.82, 2.24) is 20.1 Å². The van der Waals surface area contributed by atoms with Crippen LogP contribution in [0.25, 0.3) is 0 Å². The fourth-order valence-electron chi connectivity index (χ4n) is 2.29. The topological polar surface area (TPSA) is 71.8 Å². The lowest BCUT2D eigenvalue weighted by Gasteiger charge is -2.04. The molecule has 0 aliphatic carbocycles. The molecule has 0 radical (unpaired) electrons. The lowest BCUT2D eigenvalue weighted by molar-refractivity contribution is 0.252. The van der Waals surface area contributed by atoms with E-state index in [1.807, 2.05) is 42.9 Å². The fourth-order valence-corrected chi connectivity index (χ4v) is 3.00. The van der Waals surface area contributed by atoms with Gasteiger partial charge in [0, 0.05) is 38.0 Å². The summed E-state index contributed by atoms with van der Waals surface area (Å²) in [5.41, 5.74) is 3.11. The Morgan fingerprint density at radius 2 is 2.04 bits per heavy atom. The number of thiazole rings is 1. The third kappa shape index (κ3) is 4.66. The van der Waals surface area contributed by atoms with Gasteiger partial charge in [0.2, 0.25) is 0 Å². The van der Waals surface area contributed by atoms with Crippen molar-refractivity contribution in [2.45, 2.75) is 12.8 Å². The highest BCUT2D eigenvalue weighted by Gasteiger charge is 2.07. The van der Waals surface area contributed by atoms with Gasteiger partial charge in [0.05, 0.1) is 11.4 Å². The second kappa shape index (κ2) is 7.74. The average Bonchev–Trinajstić information content (AvgIpc) is 3.17. The van der Waals surface area contributed by atoms with E-state index in [-0.39, 0.29) is 6.03 Å². The molecule has 2 N–H and O–H groups in total. The van der Waals surface area contributed by atoms with Crippen LogP contribution in [-0.2, 0) is 19.9 Å². The Bertz CT molecular complexity index is 796. The van der Waals surface area contributed by atoms with Gasteiger partial charge in [-0.15, -0.1) is 11.3 Å². The minimum atomic E-state index is -0.244. The highest BCUT2D eigenvalue weighted by Crippen LogP contribution is 2.17. The first-order valence-electron chi connectivity index (χ1n) is 7.71. The number of rotatable bonds is 6.